The van der Waals surface area contributed by atoms with E-state index in [0.29, 0.717) is 147 Å². The molecule has 4 unspecified atom stereocenters. The minimum atomic E-state index is -0.683. The van der Waals surface area contributed by atoms with Crippen LogP contribution in [0.5, 0.6) is 46.0 Å². The van der Waals surface area contributed by atoms with Crippen molar-refractivity contribution in [3.63, 3.8) is 0 Å². The SMILES string of the molecule is C=C(C)C(=O)Oc1ccc(-c2ccc(OC(=O)C(=C)C)c3c2CCC3OC(=O)C(=C)C)cc1.C=C(C)C(=O)Oc1ccc(-c2ccc(OC(=O)C(=C)C)c3c2CCC3OC(=O)C(=C)C)cc1C.C=CC(=O)OC1CCc2c(-c3ccc(OC(=O)C(=C)C)cc3F)ccc(OC(=O)C(=C)C)c21.C=CC(=O)Oc1ccc(-c2ccc(OC(=O)C(=C)C)c3c2CCC3OC(=O)C(=C)C)cc1. The van der Waals surface area contributed by atoms with E-state index in [0.717, 1.165) is 73.9 Å². The number of ether oxygens (including phenoxy) is 12. The number of carbonyl (C=O) groups excluding carboxylic acids is 12. The van der Waals surface area contributed by atoms with Gasteiger partial charge in [-0.3, -0.25) is 0 Å². The molecule has 0 radical (unpaired) electrons. The molecule has 132 heavy (non-hydrogen) atoms. The number of hydrogen-bond acceptors (Lipinski definition) is 24. The predicted molar refractivity (Wildman–Crippen MR) is 494 cm³/mol. The number of fused-ring (bicyclic) bond motifs is 4. The standard InChI is InChI=1S/C28H28O6.C27H26O6.C26H23FO6.C26H24O6/c1-15(2)26(29)32-22-11-8-19(14-18(22)7)20-9-12-23(33-27(30)16(3)4)25-21(20)10-13-24(25)34-28(31)17(5)6;1-15(2)25(28)31-19-9-7-18(8-10-19)20-11-13-22(32-26(29)16(3)4)24-21(20)12-14-23(24)33-27(30)17(5)6;1-6-23(28)32-21-12-10-19-17(9-11-22(24(19)21)33-26(30)15(4)5)18-8-7-16(13-20(18)27)31-25(29)14(2)3;1-6-23(27)30-18-9-7-17(8-10-18)19-11-13-21(31-25(28)15(2)3)24-20(19)12-14-22(24)32-26(29)16(4)5/h8-9,11-12,14,24H,1,3,5,10,13H2,2,4,6-7H3;7-11,13,23H,1,3,5,12,14H2,2,4,6H3;6-9,11,13,21H,1-2,4,10,12H2,3,5H3;6-11,13,22H,1-2,4,12,14H2,3,5H3. The number of aryl methyl sites for hydroxylation is 1. The van der Waals surface area contributed by atoms with Crippen LogP contribution in [0.2, 0.25) is 0 Å². The molecule has 0 bridgehead atoms. The number of halogens is 1. The lowest BCUT2D eigenvalue weighted by atomic mass is 9.94. The highest BCUT2D eigenvalue weighted by atomic mass is 19.1. The van der Waals surface area contributed by atoms with Gasteiger partial charge in [0.1, 0.15) is 76.2 Å². The maximum Gasteiger partial charge on any atom is 0.338 e. The maximum absolute atomic E-state index is 15.0. The fourth-order valence-corrected chi connectivity index (χ4v) is 14.1. The molecule has 0 saturated carbocycles. The summed E-state index contributed by atoms with van der Waals surface area (Å²) in [6.07, 6.45) is 4.21. The normalized spacial score (nSPS) is 14.1. The first-order valence-corrected chi connectivity index (χ1v) is 41.6. The molecule has 0 fully saturated rings. The highest BCUT2D eigenvalue weighted by Gasteiger charge is 2.38. The Bertz CT molecular complexity index is 6220. The number of esters is 12. The van der Waals surface area contributed by atoms with Gasteiger partial charge in [0.25, 0.3) is 0 Å². The zero-order valence-corrected chi connectivity index (χ0v) is 75.5. The van der Waals surface area contributed by atoms with E-state index in [-0.39, 0.29) is 44.9 Å². The smallest absolute Gasteiger partial charge is 0.338 e. The van der Waals surface area contributed by atoms with Gasteiger partial charge in [-0.1, -0.05) is 134 Å². The molecular weight excluding hydrogens is 1690 g/mol. The van der Waals surface area contributed by atoms with Crippen LogP contribution in [0.3, 0.4) is 0 Å². The van der Waals surface area contributed by atoms with Crippen molar-refractivity contribution < 1.29 is 119 Å². The summed E-state index contributed by atoms with van der Waals surface area (Å²) in [6.45, 7) is 60.3. The van der Waals surface area contributed by atoms with Gasteiger partial charge in [0.15, 0.2) is 0 Å². The van der Waals surface area contributed by atoms with Gasteiger partial charge in [0.05, 0.1) is 0 Å². The number of benzene rings is 8. The summed E-state index contributed by atoms with van der Waals surface area (Å²) in [5.41, 5.74) is 15.6. The zero-order valence-electron chi connectivity index (χ0n) is 75.5. The van der Waals surface area contributed by atoms with Gasteiger partial charge in [-0.05, 0) is 267 Å². The summed E-state index contributed by atoms with van der Waals surface area (Å²) >= 11 is 0. The summed E-state index contributed by atoms with van der Waals surface area (Å²) < 4.78 is 80.4. The van der Waals surface area contributed by atoms with Gasteiger partial charge >= 0.3 is 71.6 Å². The van der Waals surface area contributed by atoms with Gasteiger partial charge in [-0.2, -0.15) is 0 Å². The van der Waals surface area contributed by atoms with E-state index < -0.39 is 102 Å². The van der Waals surface area contributed by atoms with Crippen molar-refractivity contribution in [2.75, 3.05) is 0 Å². The molecule has 0 amide bonds. The topological polar surface area (TPSA) is 316 Å². The van der Waals surface area contributed by atoms with Crippen LogP contribution in [0.15, 0.2) is 280 Å². The number of carbonyl (C=O) groups is 12. The van der Waals surface area contributed by atoms with Crippen LogP contribution in [0.1, 0.15) is 169 Å². The van der Waals surface area contributed by atoms with Gasteiger partial charge in [0.2, 0.25) is 0 Å². The summed E-state index contributed by atoms with van der Waals surface area (Å²) in [4.78, 5) is 144. The van der Waals surface area contributed by atoms with Gasteiger partial charge < -0.3 is 56.8 Å². The fourth-order valence-electron chi connectivity index (χ4n) is 14.1. The monoisotopic (exact) mass is 1790 g/mol. The van der Waals surface area contributed by atoms with Gasteiger partial charge in [0, 0.05) is 102 Å². The summed E-state index contributed by atoms with van der Waals surface area (Å²) in [5, 5.41) is 0. The summed E-state index contributed by atoms with van der Waals surface area (Å²) in [5.74, 6) is -4.64. The second-order valence-corrected chi connectivity index (χ2v) is 31.8. The Morgan fingerprint density at radius 3 is 0.833 bits per heavy atom. The van der Waals surface area contributed by atoms with Crippen LogP contribution in [-0.4, -0.2) is 71.6 Å². The van der Waals surface area contributed by atoms with Gasteiger partial charge in [-0.25, -0.2) is 61.9 Å². The van der Waals surface area contributed by atoms with Crippen LogP contribution in [-0.2, 0) is 102 Å². The molecule has 4 atom stereocenters. The molecule has 0 N–H and O–H groups in total. The molecule has 680 valence electrons. The Hall–Kier alpha value is -15.8. The van der Waals surface area contributed by atoms with Crippen molar-refractivity contribution in [3.8, 4) is 90.5 Å². The third kappa shape index (κ3) is 25.0. The fraction of sp³-hybridized carbons (Fsp3) is 0.215. The molecule has 8 aromatic carbocycles. The van der Waals surface area contributed by atoms with E-state index in [4.69, 9.17) is 56.8 Å². The lowest BCUT2D eigenvalue weighted by Gasteiger charge is -2.19. The third-order valence-corrected chi connectivity index (χ3v) is 20.7. The van der Waals surface area contributed by atoms with E-state index in [2.05, 4.69) is 78.9 Å². The van der Waals surface area contributed by atoms with E-state index in [1.165, 1.54) is 32.0 Å². The van der Waals surface area contributed by atoms with Crippen molar-refractivity contribution in [2.45, 2.75) is 152 Å². The lowest BCUT2D eigenvalue weighted by Crippen LogP contribution is -2.14. The molecule has 8 aromatic rings. The first-order chi connectivity index (χ1) is 62.4. The van der Waals surface area contributed by atoms with E-state index in [1.54, 1.807) is 110 Å². The minimum absolute atomic E-state index is 0.0469. The zero-order chi connectivity index (χ0) is 97.1. The van der Waals surface area contributed by atoms with Crippen LogP contribution >= 0.6 is 0 Å². The van der Waals surface area contributed by atoms with Crippen LogP contribution in [0.25, 0.3) is 44.5 Å². The molecular formula is C107H101FO24. The summed E-state index contributed by atoms with van der Waals surface area (Å²) in [7, 11) is 0. The number of rotatable bonds is 28. The van der Waals surface area contributed by atoms with Crippen molar-refractivity contribution in [2.24, 2.45) is 0 Å². The van der Waals surface area contributed by atoms with Crippen molar-refractivity contribution >= 4 is 71.6 Å². The Labute approximate surface area is 765 Å². The Balaban J connectivity index is 0.000000198. The quantitative estimate of drug-likeness (QED) is 0.0190. The minimum Gasteiger partial charge on any atom is -0.454 e. The molecule has 4 aliphatic carbocycles. The molecule has 24 nitrogen and oxygen atoms in total. The third-order valence-electron chi connectivity index (χ3n) is 20.7. The van der Waals surface area contributed by atoms with E-state index in [1.807, 2.05) is 61.5 Å². The average Bonchev–Trinajstić information content (AvgIpc) is 1.51. The molecule has 0 saturated heterocycles. The van der Waals surface area contributed by atoms with E-state index in [9.17, 15) is 57.5 Å². The summed E-state index contributed by atoms with van der Waals surface area (Å²) in [6, 6.07) is 37.5. The molecule has 12 rings (SSSR count). The van der Waals surface area contributed by atoms with Gasteiger partial charge in [-0.15, -0.1) is 0 Å². The van der Waals surface area contributed by atoms with Crippen LogP contribution in [0.4, 0.5) is 4.39 Å². The average molecular weight is 1790 g/mol. The van der Waals surface area contributed by atoms with E-state index >= 15 is 4.39 Å². The molecule has 4 aliphatic rings. The first kappa shape index (κ1) is 100.0. The molecule has 25 heteroatoms. The largest absolute Gasteiger partial charge is 0.454 e. The predicted octanol–water partition coefficient (Wildman–Crippen LogP) is 21.4. The second-order valence-electron chi connectivity index (χ2n) is 31.8. The second kappa shape index (κ2) is 44.3. The Kier molecular flexibility index (Phi) is 33.5. The van der Waals surface area contributed by atoms with Crippen molar-refractivity contribution in [3.05, 3.63) is 336 Å². The van der Waals surface area contributed by atoms with Crippen LogP contribution < -0.4 is 37.9 Å². The Morgan fingerprint density at radius 2 is 0.523 bits per heavy atom. The first-order valence-electron chi connectivity index (χ1n) is 41.6. The van der Waals surface area contributed by atoms with Crippen molar-refractivity contribution in [1.29, 1.82) is 0 Å². The molecule has 0 heterocycles. The molecule has 0 aliphatic heterocycles. The van der Waals surface area contributed by atoms with Crippen molar-refractivity contribution in [1.82, 2.24) is 0 Å². The highest BCUT2D eigenvalue weighted by Crippen LogP contribution is 2.51. The highest BCUT2D eigenvalue weighted by molar-refractivity contribution is 5.95. The Morgan fingerprint density at radius 1 is 0.273 bits per heavy atom. The lowest BCUT2D eigenvalue weighted by molar-refractivity contribution is -0.145. The molecule has 0 spiro atoms. The number of hydrogen-bond donors (Lipinski definition) is 0. The maximum atomic E-state index is 15.0. The van der Waals surface area contributed by atoms with Crippen LogP contribution in [0, 0.1) is 12.7 Å². The molecule has 0 aromatic heterocycles.